The van der Waals surface area contributed by atoms with Gasteiger partial charge in [-0.25, -0.2) is 15.0 Å². The van der Waals surface area contributed by atoms with E-state index in [0.29, 0.717) is 22.2 Å². The maximum absolute atomic E-state index is 12.1. The summed E-state index contributed by atoms with van der Waals surface area (Å²) in [4.78, 5) is 24.5. The molecule has 0 unspecified atom stereocenters. The molecule has 0 radical (unpaired) electrons. The Morgan fingerprint density at radius 1 is 0.909 bits per heavy atom. The second-order valence-electron chi connectivity index (χ2n) is 4.48. The number of carbonyl (C=O) groups is 1. The third kappa shape index (κ3) is 3.27. The van der Waals surface area contributed by atoms with E-state index in [1.807, 2.05) is 30.3 Å². The summed E-state index contributed by atoms with van der Waals surface area (Å²) in [6, 6.07) is 12.8. The van der Waals surface area contributed by atoms with E-state index in [1.165, 1.54) is 18.6 Å². The van der Waals surface area contributed by atoms with Gasteiger partial charge in [0.25, 0.3) is 5.91 Å². The van der Waals surface area contributed by atoms with Gasteiger partial charge in [-0.05, 0) is 12.1 Å². The molecule has 6 heteroatoms. The Balaban J connectivity index is 1.75. The van der Waals surface area contributed by atoms with Gasteiger partial charge >= 0.3 is 0 Å². The van der Waals surface area contributed by atoms with Crippen molar-refractivity contribution < 1.29 is 4.79 Å². The molecule has 0 spiro atoms. The summed E-state index contributed by atoms with van der Waals surface area (Å²) in [5, 5.41) is 3.16. The number of halogens is 1. The van der Waals surface area contributed by atoms with Crippen molar-refractivity contribution in [3.63, 3.8) is 0 Å². The Bertz CT molecular complexity index is 774. The van der Waals surface area contributed by atoms with Crippen molar-refractivity contribution in [2.75, 3.05) is 5.32 Å². The van der Waals surface area contributed by atoms with Crippen LogP contribution < -0.4 is 5.32 Å². The first-order valence-corrected chi connectivity index (χ1v) is 6.90. The SMILES string of the molecule is O=C(Nc1ccc(Cl)cn1)c1cnc(-c2ccccc2)nc1. The highest BCUT2D eigenvalue weighted by Crippen LogP contribution is 2.14. The predicted molar refractivity (Wildman–Crippen MR) is 84.7 cm³/mol. The van der Waals surface area contributed by atoms with Crippen LogP contribution in [-0.4, -0.2) is 20.9 Å². The van der Waals surface area contributed by atoms with Crippen molar-refractivity contribution in [2.24, 2.45) is 0 Å². The summed E-state index contributed by atoms with van der Waals surface area (Å²) < 4.78 is 0. The maximum Gasteiger partial charge on any atom is 0.259 e. The molecule has 3 aromatic rings. The van der Waals surface area contributed by atoms with Gasteiger partial charge in [-0.15, -0.1) is 0 Å². The summed E-state index contributed by atoms with van der Waals surface area (Å²) >= 11 is 5.75. The van der Waals surface area contributed by atoms with Crippen molar-refractivity contribution in [3.8, 4) is 11.4 Å². The van der Waals surface area contributed by atoms with E-state index in [4.69, 9.17) is 11.6 Å². The van der Waals surface area contributed by atoms with Crippen LogP contribution in [-0.2, 0) is 0 Å². The number of nitrogens with zero attached hydrogens (tertiary/aromatic N) is 3. The quantitative estimate of drug-likeness (QED) is 0.804. The van der Waals surface area contributed by atoms with Crippen molar-refractivity contribution in [2.45, 2.75) is 0 Å². The minimum absolute atomic E-state index is 0.325. The number of pyridine rings is 1. The van der Waals surface area contributed by atoms with Crippen LogP contribution in [0.3, 0.4) is 0 Å². The molecule has 5 nitrogen and oxygen atoms in total. The Morgan fingerprint density at radius 3 is 2.27 bits per heavy atom. The predicted octanol–water partition coefficient (Wildman–Crippen LogP) is 3.44. The molecule has 0 saturated heterocycles. The van der Waals surface area contributed by atoms with Gasteiger partial charge in [0.1, 0.15) is 5.82 Å². The lowest BCUT2D eigenvalue weighted by atomic mass is 10.2. The third-order valence-electron chi connectivity index (χ3n) is 2.92. The Morgan fingerprint density at radius 2 is 1.64 bits per heavy atom. The summed E-state index contributed by atoms with van der Waals surface area (Å²) in [5.41, 5.74) is 1.25. The summed E-state index contributed by atoms with van der Waals surface area (Å²) in [5.74, 6) is 0.665. The van der Waals surface area contributed by atoms with E-state index in [2.05, 4.69) is 20.3 Å². The van der Waals surface area contributed by atoms with Gasteiger partial charge in [0.15, 0.2) is 5.82 Å². The topological polar surface area (TPSA) is 67.8 Å². The fraction of sp³-hybridized carbons (Fsp3) is 0. The van der Waals surface area contributed by atoms with Gasteiger partial charge in [0.2, 0.25) is 0 Å². The smallest absolute Gasteiger partial charge is 0.259 e. The molecular formula is C16H11ClN4O. The largest absolute Gasteiger partial charge is 0.306 e. The molecule has 0 saturated carbocycles. The summed E-state index contributed by atoms with van der Waals surface area (Å²) in [6.45, 7) is 0. The van der Waals surface area contributed by atoms with Crippen molar-refractivity contribution >= 4 is 23.3 Å². The molecule has 1 aromatic carbocycles. The molecule has 0 fully saturated rings. The fourth-order valence-electron chi connectivity index (χ4n) is 1.82. The minimum Gasteiger partial charge on any atom is -0.306 e. The first kappa shape index (κ1) is 14.2. The standard InChI is InChI=1S/C16H11ClN4O/c17-13-6-7-14(18-10-13)21-16(22)12-8-19-15(20-9-12)11-4-2-1-3-5-11/h1-10H,(H,18,21,22). The van der Waals surface area contributed by atoms with Crippen LogP contribution in [0.1, 0.15) is 10.4 Å². The van der Waals surface area contributed by atoms with E-state index < -0.39 is 0 Å². The zero-order valence-corrected chi connectivity index (χ0v) is 12.2. The number of benzene rings is 1. The summed E-state index contributed by atoms with van der Waals surface area (Å²) in [6.07, 6.45) is 4.44. The number of rotatable bonds is 3. The lowest BCUT2D eigenvalue weighted by Crippen LogP contribution is -2.13. The minimum atomic E-state index is -0.325. The van der Waals surface area contributed by atoms with Crippen molar-refractivity contribution in [1.82, 2.24) is 15.0 Å². The second-order valence-corrected chi connectivity index (χ2v) is 4.91. The van der Waals surface area contributed by atoms with Crippen molar-refractivity contribution in [3.05, 3.63) is 71.6 Å². The zero-order chi connectivity index (χ0) is 15.4. The van der Waals surface area contributed by atoms with Gasteiger partial charge in [-0.2, -0.15) is 0 Å². The molecule has 0 bridgehead atoms. The molecule has 0 aliphatic rings. The Hall–Kier alpha value is -2.79. The zero-order valence-electron chi connectivity index (χ0n) is 11.4. The lowest BCUT2D eigenvalue weighted by Gasteiger charge is -2.05. The molecule has 2 heterocycles. The van der Waals surface area contributed by atoms with E-state index in [-0.39, 0.29) is 5.91 Å². The van der Waals surface area contributed by atoms with Gasteiger partial charge in [0, 0.05) is 24.2 Å². The lowest BCUT2D eigenvalue weighted by molar-refractivity contribution is 0.102. The first-order valence-electron chi connectivity index (χ1n) is 6.53. The summed E-state index contributed by atoms with van der Waals surface area (Å²) in [7, 11) is 0. The first-order chi connectivity index (χ1) is 10.7. The molecule has 1 amide bonds. The number of hydrogen-bond donors (Lipinski definition) is 1. The molecule has 0 aliphatic heterocycles. The molecule has 0 atom stereocenters. The van der Waals surface area contributed by atoms with Gasteiger partial charge in [0.05, 0.1) is 10.6 Å². The Labute approximate surface area is 132 Å². The average Bonchev–Trinajstić information content (AvgIpc) is 2.58. The van der Waals surface area contributed by atoms with Gasteiger partial charge in [-0.1, -0.05) is 41.9 Å². The van der Waals surface area contributed by atoms with Crippen molar-refractivity contribution in [1.29, 1.82) is 0 Å². The molecule has 1 N–H and O–H groups in total. The second kappa shape index (κ2) is 6.32. The number of carbonyl (C=O) groups excluding carboxylic acids is 1. The monoisotopic (exact) mass is 310 g/mol. The molecule has 2 aromatic heterocycles. The number of anilines is 1. The normalized spacial score (nSPS) is 10.2. The highest BCUT2D eigenvalue weighted by Gasteiger charge is 2.09. The van der Waals surface area contributed by atoms with Gasteiger partial charge < -0.3 is 5.32 Å². The molecule has 3 rings (SSSR count). The molecule has 22 heavy (non-hydrogen) atoms. The highest BCUT2D eigenvalue weighted by atomic mass is 35.5. The van der Waals surface area contributed by atoms with Crippen LogP contribution in [0.2, 0.25) is 5.02 Å². The van der Waals surface area contributed by atoms with Crippen LogP contribution in [0.4, 0.5) is 5.82 Å². The number of amides is 1. The maximum atomic E-state index is 12.1. The molecule has 0 aliphatic carbocycles. The van der Waals surface area contributed by atoms with Crippen LogP contribution in [0.5, 0.6) is 0 Å². The van der Waals surface area contributed by atoms with E-state index in [0.717, 1.165) is 5.56 Å². The van der Waals surface area contributed by atoms with E-state index in [1.54, 1.807) is 12.1 Å². The number of aromatic nitrogens is 3. The Kier molecular flexibility index (Phi) is 4.07. The van der Waals surface area contributed by atoms with Crippen LogP contribution in [0.15, 0.2) is 61.1 Å². The van der Waals surface area contributed by atoms with Gasteiger partial charge in [-0.3, -0.25) is 4.79 Å². The highest BCUT2D eigenvalue weighted by molar-refractivity contribution is 6.30. The average molecular weight is 311 g/mol. The van der Waals surface area contributed by atoms with Crippen LogP contribution in [0, 0.1) is 0 Å². The van der Waals surface area contributed by atoms with E-state index >= 15 is 0 Å². The van der Waals surface area contributed by atoms with Crippen LogP contribution >= 0.6 is 11.6 Å². The number of hydrogen-bond acceptors (Lipinski definition) is 4. The molecule has 108 valence electrons. The number of nitrogens with one attached hydrogen (secondary N) is 1. The third-order valence-corrected chi connectivity index (χ3v) is 3.14. The fourth-order valence-corrected chi connectivity index (χ4v) is 1.93. The van der Waals surface area contributed by atoms with E-state index in [9.17, 15) is 4.79 Å². The molecular weight excluding hydrogens is 300 g/mol. The van der Waals surface area contributed by atoms with Crippen LogP contribution in [0.25, 0.3) is 11.4 Å².